The van der Waals surface area contributed by atoms with Crippen molar-refractivity contribution in [2.45, 2.75) is 44.6 Å². The van der Waals surface area contributed by atoms with E-state index in [-0.39, 0.29) is 30.5 Å². The Hall–Kier alpha value is -2.52. The first kappa shape index (κ1) is 25.6. The van der Waals surface area contributed by atoms with Gasteiger partial charge in [0, 0.05) is 46.1 Å². The fourth-order valence-electron chi connectivity index (χ4n) is 5.02. The lowest BCUT2D eigenvalue weighted by Gasteiger charge is -2.34. The van der Waals surface area contributed by atoms with Crippen LogP contribution in [0.2, 0.25) is 0 Å². The number of rotatable bonds is 11. The Morgan fingerprint density at radius 2 is 1.71 bits per heavy atom. The maximum absolute atomic E-state index is 14.9. The molecule has 1 heterocycles. The summed E-state index contributed by atoms with van der Waals surface area (Å²) in [5, 5.41) is 5.47. The van der Waals surface area contributed by atoms with Crippen molar-refractivity contribution in [3.8, 4) is 0 Å². The smallest absolute Gasteiger partial charge is 0.246 e. The molecule has 1 atom stereocenters. The zero-order chi connectivity index (χ0) is 24.9. The van der Waals surface area contributed by atoms with E-state index in [4.69, 9.17) is 4.74 Å². The van der Waals surface area contributed by atoms with Gasteiger partial charge < -0.3 is 25.2 Å². The van der Waals surface area contributed by atoms with Crippen LogP contribution in [0.4, 0.5) is 10.1 Å². The minimum atomic E-state index is -0.821. The Bertz CT molecular complexity index is 914. The van der Waals surface area contributed by atoms with E-state index in [1.54, 1.807) is 17.0 Å². The highest BCUT2D eigenvalue weighted by Gasteiger charge is 2.42. The highest BCUT2D eigenvalue weighted by molar-refractivity contribution is 5.91. The lowest BCUT2D eigenvalue weighted by molar-refractivity contribution is -0.138. The van der Waals surface area contributed by atoms with Crippen LogP contribution in [0.1, 0.15) is 37.7 Å². The maximum atomic E-state index is 14.9. The Morgan fingerprint density at radius 3 is 2.29 bits per heavy atom. The van der Waals surface area contributed by atoms with Gasteiger partial charge in [-0.3, -0.25) is 14.4 Å². The molecule has 1 aromatic carbocycles. The summed E-state index contributed by atoms with van der Waals surface area (Å²) in [5.74, 6) is 0.466. The summed E-state index contributed by atoms with van der Waals surface area (Å²) in [7, 11) is 3.41. The summed E-state index contributed by atoms with van der Waals surface area (Å²) < 4.78 is 19.8. The largest absolute Gasteiger partial charge is 0.375 e. The Balaban J connectivity index is 1.38. The number of halogens is 1. The molecule has 192 valence electrons. The molecule has 0 spiro atoms. The molecule has 1 saturated heterocycles. The predicted molar refractivity (Wildman–Crippen MR) is 130 cm³/mol. The van der Waals surface area contributed by atoms with Gasteiger partial charge in [-0.2, -0.15) is 0 Å². The summed E-state index contributed by atoms with van der Waals surface area (Å²) >= 11 is 0. The quantitative estimate of drug-likeness (QED) is 0.498. The fourth-order valence-corrected chi connectivity index (χ4v) is 5.02. The molecule has 8 nitrogen and oxygen atoms in total. The van der Waals surface area contributed by atoms with Crippen LogP contribution < -0.4 is 10.6 Å². The van der Waals surface area contributed by atoms with E-state index >= 15 is 0 Å². The third kappa shape index (κ3) is 7.24. The van der Waals surface area contributed by atoms with Gasteiger partial charge in [-0.05, 0) is 68.2 Å². The third-order valence-electron chi connectivity index (χ3n) is 7.35. The van der Waals surface area contributed by atoms with Gasteiger partial charge in [0.05, 0.1) is 5.69 Å². The van der Waals surface area contributed by atoms with Crippen molar-refractivity contribution in [3.63, 3.8) is 0 Å². The first-order valence-electron chi connectivity index (χ1n) is 12.7. The molecule has 0 radical (unpaired) electrons. The van der Waals surface area contributed by atoms with Gasteiger partial charge in [-0.1, -0.05) is 6.07 Å². The number of piperazine rings is 1. The average Bonchev–Trinajstić information content (AvgIpc) is 3.73. The van der Waals surface area contributed by atoms with E-state index in [0.29, 0.717) is 42.8 Å². The molecule has 1 aromatic rings. The Kier molecular flexibility index (Phi) is 8.38. The van der Waals surface area contributed by atoms with Crippen molar-refractivity contribution < 1.29 is 23.5 Å². The second-order valence-electron chi connectivity index (χ2n) is 10.3. The monoisotopic (exact) mass is 488 g/mol. The molecule has 2 N–H and O–H groups in total. The topological polar surface area (TPSA) is 91.0 Å². The van der Waals surface area contributed by atoms with E-state index in [9.17, 15) is 18.8 Å². The number of ether oxygens (including phenoxy) is 1. The molecule has 1 unspecified atom stereocenters. The van der Waals surface area contributed by atoms with Crippen molar-refractivity contribution in [1.29, 1.82) is 0 Å². The molecular formula is C26H37FN4O4. The van der Waals surface area contributed by atoms with E-state index in [2.05, 4.69) is 15.5 Å². The zero-order valence-corrected chi connectivity index (χ0v) is 20.7. The van der Waals surface area contributed by atoms with Crippen molar-refractivity contribution in [2.24, 2.45) is 17.8 Å². The molecule has 4 rings (SSSR count). The molecule has 3 fully saturated rings. The molecule has 0 bridgehead atoms. The lowest BCUT2D eigenvalue weighted by Crippen LogP contribution is -2.55. The van der Waals surface area contributed by atoms with Crippen molar-refractivity contribution >= 4 is 23.4 Å². The summed E-state index contributed by atoms with van der Waals surface area (Å²) in [6.45, 7) is 2.52. The van der Waals surface area contributed by atoms with E-state index in [0.717, 1.165) is 13.1 Å². The Labute approximate surface area is 206 Å². The summed E-state index contributed by atoms with van der Waals surface area (Å²) in [6.07, 6.45) is 5.40. The highest BCUT2D eigenvalue weighted by atomic mass is 19.1. The number of carbonyl (C=O) groups is 3. The van der Waals surface area contributed by atoms with Gasteiger partial charge in [0.1, 0.15) is 18.5 Å². The van der Waals surface area contributed by atoms with Gasteiger partial charge in [0.25, 0.3) is 0 Å². The maximum Gasteiger partial charge on any atom is 0.246 e. The summed E-state index contributed by atoms with van der Waals surface area (Å²) in [5.41, 5.74) is 0.717. The SMILES string of the molecule is COCC(=O)NC(Cc1ccc(NC(=O)CC(C2CC2)C2CC2)c(F)c1)C(=O)N1CCN(C)CC1. The lowest BCUT2D eigenvalue weighted by atomic mass is 9.94. The number of likely N-dealkylation sites (N-methyl/N-ethyl adjacent to an activating group) is 1. The second kappa shape index (κ2) is 11.5. The number of nitrogens with one attached hydrogen (secondary N) is 2. The second-order valence-corrected chi connectivity index (χ2v) is 10.3. The fraction of sp³-hybridized carbons (Fsp3) is 0.654. The molecule has 9 heteroatoms. The first-order chi connectivity index (χ1) is 16.8. The van der Waals surface area contributed by atoms with Crippen molar-refractivity contribution in [2.75, 3.05) is 52.3 Å². The summed E-state index contributed by atoms with van der Waals surface area (Å²) in [4.78, 5) is 41.8. The molecule has 35 heavy (non-hydrogen) atoms. The van der Waals surface area contributed by atoms with Crippen LogP contribution in [0.5, 0.6) is 0 Å². The number of anilines is 1. The number of hydrogen-bond acceptors (Lipinski definition) is 5. The number of hydrogen-bond donors (Lipinski definition) is 2. The molecule has 0 aromatic heterocycles. The van der Waals surface area contributed by atoms with Crippen LogP contribution in [0.25, 0.3) is 0 Å². The van der Waals surface area contributed by atoms with Crippen molar-refractivity contribution in [3.05, 3.63) is 29.6 Å². The van der Waals surface area contributed by atoms with Crippen molar-refractivity contribution in [1.82, 2.24) is 15.1 Å². The van der Waals surface area contributed by atoms with Crippen LogP contribution in [-0.4, -0.2) is 80.5 Å². The van der Waals surface area contributed by atoms with Crippen LogP contribution in [-0.2, 0) is 25.5 Å². The Morgan fingerprint density at radius 1 is 1.06 bits per heavy atom. The highest BCUT2D eigenvalue weighted by Crippen LogP contribution is 2.50. The van der Waals surface area contributed by atoms with Gasteiger partial charge in [0.2, 0.25) is 17.7 Å². The van der Waals surface area contributed by atoms with Gasteiger partial charge in [0.15, 0.2) is 0 Å². The normalized spacial score (nSPS) is 19.5. The van der Waals surface area contributed by atoms with Crippen LogP contribution in [0.3, 0.4) is 0 Å². The standard InChI is InChI=1S/C26H37FN4O4/c1-30-9-11-31(12-10-30)26(34)23(29-25(33)16-35-2)14-17-3-8-22(21(27)13-17)28-24(32)15-20(18-4-5-18)19-6-7-19/h3,8,13,18-20,23H,4-7,9-12,14-16H2,1-2H3,(H,28,32)(H,29,33). The number of nitrogens with zero attached hydrogens (tertiary/aromatic N) is 2. The minimum absolute atomic E-state index is 0.143. The van der Waals surface area contributed by atoms with E-state index in [1.807, 2.05) is 7.05 Å². The average molecular weight is 489 g/mol. The van der Waals surface area contributed by atoms with Gasteiger partial charge >= 0.3 is 0 Å². The predicted octanol–water partition coefficient (Wildman–Crippen LogP) is 2.04. The molecule has 2 aliphatic carbocycles. The minimum Gasteiger partial charge on any atom is -0.375 e. The van der Waals surface area contributed by atoms with Gasteiger partial charge in [-0.15, -0.1) is 0 Å². The molecule has 2 saturated carbocycles. The van der Waals surface area contributed by atoms with Crippen LogP contribution >= 0.6 is 0 Å². The number of carbonyl (C=O) groups excluding carboxylic acids is 3. The van der Waals surface area contributed by atoms with E-state index < -0.39 is 17.8 Å². The molecule has 1 aliphatic heterocycles. The van der Waals surface area contributed by atoms with Gasteiger partial charge in [-0.25, -0.2) is 4.39 Å². The molecule has 3 aliphatic rings. The van der Waals surface area contributed by atoms with Crippen LogP contribution in [0, 0.1) is 23.6 Å². The van der Waals surface area contributed by atoms with E-state index in [1.165, 1.54) is 38.9 Å². The zero-order valence-electron chi connectivity index (χ0n) is 20.7. The number of benzene rings is 1. The van der Waals surface area contributed by atoms with Crippen LogP contribution in [0.15, 0.2) is 18.2 Å². The number of amides is 3. The summed E-state index contributed by atoms with van der Waals surface area (Å²) in [6, 6.07) is 3.76. The molecular weight excluding hydrogens is 451 g/mol. The number of methoxy groups -OCH3 is 1. The third-order valence-corrected chi connectivity index (χ3v) is 7.35. The first-order valence-corrected chi connectivity index (χ1v) is 12.7. The molecule has 3 amide bonds.